The van der Waals surface area contributed by atoms with Crippen LogP contribution in [0, 0.1) is 0 Å². The standard InChI is InChI=1S/C76H51N5/c1-7-19-50(20-8-1)56-31-37-70-62(43-56)63-44-57(51-21-9-2-10-22-51)32-38-71(63)79(70)60-35-41-74-66(47-60)67-48-61(36-42-75(67)81(74)76-77-68(54-27-15-5-16-28-54)49-69(78-76)55-29-17-6-18-30-55)80-72-39-33-58(52-23-11-3-12-24-52)45-64(72)65-46-59(34-40-73(65)80)53-25-13-4-14-26-53/h1-33,35-39,41-49H,34,40H2. The first-order valence-corrected chi connectivity index (χ1v) is 27.9. The molecule has 0 aliphatic heterocycles. The van der Waals surface area contributed by atoms with Crippen molar-refractivity contribution in [2.75, 3.05) is 0 Å². The summed E-state index contributed by atoms with van der Waals surface area (Å²) < 4.78 is 7.27. The molecule has 4 aromatic heterocycles. The number of aromatic nitrogens is 5. The Morgan fingerprint density at radius 1 is 0.259 bits per heavy atom. The summed E-state index contributed by atoms with van der Waals surface area (Å²) >= 11 is 0. The first-order chi connectivity index (χ1) is 40.1. The molecule has 380 valence electrons. The highest BCUT2D eigenvalue weighted by Gasteiger charge is 2.25. The molecule has 0 unspecified atom stereocenters. The summed E-state index contributed by atoms with van der Waals surface area (Å²) in [5.41, 5.74) is 23.9. The number of hydrogen-bond donors (Lipinski definition) is 0. The molecule has 81 heavy (non-hydrogen) atoms. The second-order valence-electron chi connectivity index (χ2n) is 21.3. The quantitative estimate of drug-likeness (QED) is 0.145. The molecule has 0 bridgehead atoms. The third-order valence-corrected chi connectivity index (χ3v) is 16.6. The molecule has 4 heterocycles. The zero-order chi connectivity index (χ0) is 53.4. The van der Waals surface area contributed by atoms with E-state index in [1.54, 1.807) is 0 Å². The van der Waals surface area contributed by atoms with E-state index in [2.05, 4.69) is 299 Å². The number of nitrogens with zero attached hydrogens (tertiary/aromatic N) is 5. The molecule has 0 fully saturated rings. The maximum absolute atomic E-state index is 5.46. The van der Waals surface area contributed by atoms with Gasteiger partial charge in [0.15, 0.2) is 0 Å². The molecular formula is C76H51N5. The van der Waals surface area contributed by atoms with Gasteiger partial charge in [-0.25, -0.2) is 9.97 Å². The van der Waals surface area contributed by atoms with Gasteiger partial charge in [0.1, 0.15) is 0 Å². The van der Waals surface area contributed by atoms with Crippen LogP contribution in [0.25, 0.3) is 139 Å². The monoisotopic (exact) mass is 1030 g/mol. The highest BCUT2D eigenvalue weighted by atomic mass is 15.2. The van der Waals surface area contributed by atoms with Crippen molar-refractivity contribution in [1.29, 1.82) is 0 Å². The van der Waals surface area contributed by atoms with Gasteiger partial charge in [0.05, 0.1) is 39.0 Å². The van der Waals surface area contributed by atoms with Crippen molar-refractivity contribution in [3.8, 4) is 73.2 Å². The summed E-state index contributed by atoms with van der Waals surface area (Å²) in [6.45, 7) is 0. The summed E-state index contributed by atoms with van der Waals surface area (Å²) in [6, 6.07) is 101. The van der Waals surface area contributed by atoms with E-state index in [1.165, 1.54) is 77.5 Å². The summed E-state index contributed by atoms with van der Waals surface area (Å²) in [5, 5.41) is 5.89. The van der Waals surface area contributed by atoms with Crippen LogP contribution < -0.4 is 0 Å². The minimum absolute atomic E-state index is 0.616. The Hall–Kier alpha value is -10.6. The molecule has 0 N–H and O–H groups in total. The van der Waals surface area contributed by atoms with E-state index >= 15 is 0 Å². The number of rotatable bonds is 9. The summed E-state index contributed by atoms with van der Waals surface area (Å²) in [5.74, 6) is 0.616. The summed E-state index contributed by atoms with van der Waals surface area (Å²) in [4.78, 5) is 10.9. The predicted molar refractivity (Wildman–Crippen MR) is 337 cm³/mol. The first-order valence-electron chi connectivity index (χ1n) is 27.9. The van der Waals surface area contributed by atoms with Crippen molar-refractivity contribution in [1.82, 2.24) is 23.7 Å². The summed E-state index contributed by atoms with van der Waals surface area (Å²) in [7, 11) is 0. The Bertz CT molecular complexity index is 4780. The fourth-order valence-corrected chi connectivity index (χ4v) is 12.7. The van der Waals surface area contributed by atoms with Gasteiger partial charge in [-0.15, -0.1) is 0 Å². The third-order valence-electron chi connectivity index (χ3n) is 16.6. The van der Waals surface area contributed by atoms with Crippen LogP contribution in [0.5, 0.6) is 0 Å². The topological polar surface area (TPSA) is 40.6 Å². The van der Waals surface area contributed by atoms with Gasteiger partial charge in [-0.3, -0.25) is 4.57 Å². The van der Waals surface area contributed by atoms with Crippen LogP contribution in [0.2, 0.25) is 0 Å². The highest BCUT2D eigenvalue weighted by Crippen LogP contribution is 2.44. The Morgan fingerprint density at radius 3 is 1.07 bits per heavy atom. The molecule has 0 atom stereocenters. The third kappa shape index (κ3) is 7.92. The molecule has 0 spiro atoms. The lowest BCUT2D eigenvalue weighted by Crippen LogP contribution is -2.06. The molecule has 11 aromatic carbocycles. The molecule has 16 rings (SSSR count). The van der Waals surface area contributed by atoms with Crippen LogP contribution in [0.3, 0.4) is 0 Å². The molecule has 0 radical (unpaired) electrons. The molecule has 1 aliphatic rings. The van der Waals surface area contributed by atoms with E-state index in [0.717, 1.165) is 79.6 Å². The highest BCUT2D eigenvalue weighted by molar-refractivity contribution is 6.14. The average Bonchev–Trinajstić information content (AvgIpc) is 4.28. The Kier molecular flexibility index (Phi) is 10.9. The fourth-order valence-electron chi connectivity index (χ4n) is 12.7. The van der Waals surface area contributed by atoms with Gasteiger partial charge in [0.25, 0.3) is 0 Å². The van der Waals surface area contributed by atoms with Crippen molar-refractivity contribution in [2.24, 2.45) is 0 Å². The van der Waals surface area contributed by atoms with E-state index in [4.69, 9.17) is 9.97 Å². The smallest absolute Gasteiger partial charge is 0.235 e. The van der Waals surface area contributed by atoms with E-state index in [1.807, 2.05) is 0 Å². The van der Waals surface area contributed by atoms with Crippen LogP contribution in [-0.4, -0.2) is 23.7 Å². The van der Waals surface area contributed by atoms with Crippen molar-refractivity contribution >= 4 is 66.2 Å². The van der Waals surface area contributed by atoms with Crippen LogP contribution in [0.4, 0.5) is 0 Å². The van der Waals surface area contributed by atoms with E-state index in [9.17, 15) is 0 Å². The van der Waals surface area contributed by atoms with Gasteiger partial charge in [-0.05, 0) is 142 Å². The first kappa shape index (κ1) is 46.5. The van der Waals surface area contributed by atoms with Gasteiger partial charge in [0.2, 0.25) is 5.95 Å². The summed E-state index contributed by atoms with van der Waals surface area (Å²) in [6.07, 6.45) is 4.31. The van der Waals surface area contributed by atoms with Crippen molar-refractivity contribution in [2.45, 2.75) is 12.8 Å². The molecule has 5 nitrogen and oxygen atoms in total. The van der Waals surface area contributed by atoms with Crippen molar-refractivity contribution in [3.05, 3.63) is 296 Å². The second-order valence-corrected chi connectivity index (χ2v) is 21.3. The van der Waals surface area contributed by atoms with Crippen LogP contribution in [-0.2, 0) is 6.42 Å². The van der Waals surface area contributed by atoms with Gasteiger partial charge in [-0.2, -0.15) is 0 Å². The molecule has 0 saturated carbocycles. The number of benzene rings is 11. The Balaban J connectivity index is 0.959. The molecule has 15 aromatic rings. The van der Waals surface area contributed by atoms with Gasteiger partial charge >= 0.3 is 0 Å². The zero-order valence-electron chi connectivity index (χ0n) is 44.3. The van der Waals surface area contributed by atoms with E-state index in [-0.39, 0.29) is 0 Å². The lowest BCUT2D eigenvalue weighted by molar-refractivity contribution is 0.898. The van der Waals surface area contributed by atoms with Crippen LogP contribution in [0.15, 0.2) is 279 Å². The van der Waals surface area contributed by atoms with Gasteiger partial charge < -0.3 is 9.13 Å². The molecule has 0 amide bonds. The maximum Gasteiger partial charge on any atom is 0.235 e. The van der Waals surface area contributed by atoms with E-state index < -0.39 is 0 Å². The normalized spacial score (nSPS) is 12.4. The van der Waals surface area contributed by atoms with E-state index in [0.29, 0.717) is 5.95 Å². The average molecular weight is 1030 g/mol. The molecular weight excluding hydrogens is 983 g/mol. The molecule has 5 heteroatoms. The van der Waals surface area contributed by atoms with Crippen LogP contribution >= 0.6 is 0 Å². The van der Waals surface area contributed by atoms with Crippen LogP contribution in [0.1, 0.15) is 23.2 Å². The zero-order valence-corrected chi connectivity index (χ0v) is 44.3. The lowest BCUT2D eigenvalue weighted by Gasteiger charge is -2.18. The largest absolute Gasteiger partial charge is 0.313 e. The predicted octanol–water partition coefficient (Wildman–Crippen LogP) is 19.4. The van der Waals surface area contributed by atoms with Crippen molar-refractivity contribution in [3.63, 3.8) is 0 Å². The number of fused-ring (bicyclic) bond motifs is 9. The Labute approximate surface area is 469 Å². The minimum Gasteiger partial charge on any atom is -0.313 e. The SMILES string of the molecule is C1=C(c2ccccc2)CCc2c1c1cc(-c3ccccc3)ccc1n2-c1ccc2c(c1)c1cc(-n3c4ccc(-c5ccccc5)cc4c4cc(-c5ccccc5)ccc43)ccc1n2-c1nc(-c2ccccc2)cc(-c2ccccc2)n1. The fraction of sp³-hybridized carbons (Fsp3) is 0.0263. The number of allylic oxidation sites excluding steroid dienone is 1. The minimum atomic E-state index is 0.616. The Morgan fingerprint density at radius 2 is 0.617 bits per heavy atom. The molecule has 1 aliphatic carbocycles. The van der Waals surface area contributed by atoms with Gasteiger partial charge in [0, 0.05) is 60.7 Å². The lowest BCUT2D eigenvalue weighted by atomic mass is 9.91. The number of hydrogen-bond acceptors (Lipinski definition) is 2. The van der Waals surface area contributed by atoms with Crippen molar-refractivity contribution < 1.29 is 0 Å². The second kappa shape index (κ2) is 19.1. The maximum atomic E-state index is 5.46. The van der Waals surface area contributed by atoms with Gasteiger partial charge in [-0.1, -0.05) is 200 Å². The molecule has 0 saturated heterocycles.